The summed E-state index contributed by atoms with van der Waals surface area (Å²) in [6, 6.07) is 6.89. The molecule has 104 valence electrons. The Morgan fingerprint density at radius 1 is 1.40 bits per heavy atom. The molecule has 0 spiro atoms. The maximum Gasteiger partial charge on any atom is 0.138 e. The van der Waals surface area contributed by atoms with Gasteiger partial charge in [-0.3, -0.25) is 4.68 Å². The van der Waals surface area contributed by atoms with Crippen LogP contribution in [0.2, 0.25) is 0 Å². The van der Waals surface area contributed by atoms with Gasteiger partial charge in [0.05, 0.1) is 16.3 Å². The van der Waals surface area contributed by atoms with E-state index in [2.05, 4.69) is 16.9 Å². The van der Waals surface area contributed by atoms with Crippen molar-refractivity contribution in [3.8, 4) is 11.8 Å². The Hall–Kier alpha value is -1.77. The van der Waals surface area contributed by atoms with Crippen molar-refractivity contribution < 1.29 is 9.50 Å². The summed E-state index contributed by atoms with van der Waals surface area (Å²) in [7, 11) is 1.90. The van der Waals surface area contributed by atoms with Gasteiger partial charge < -0.3 is 5.11 Å². The minimum Gasteiger partial charge on any atom is -0.384 e. The van der Waals surface area contributed by atoms with Crippen LogP contribution in [0.15, 0.2) is 29.3 Å². The Balaban J connectivity index is 2.12. The molecule has 0 fully saturated rings. The minimum absolute atomic E-state index is 0.271. The van der Waals surface area contributed by atoms with E-state index in [9.17, 15) is 4.39 Å². The smallest absolute Gasteiger partial charge is 0.138 e. The molecule has 1 N–H and O–H groups in total. The van der Waals surface area contributed by atoms with Crippen LogP contribution < -0.4 is 0 Å². The van der Waals surface area contributed by atoms with Crippen LogP contribution >= 0.6 is 11.8 Å². The highest BCUT2D eigenvalue weighted by Gasteiger charge is 2.05. The molecule has 2 aromatic rings. The molecule has 0 aliphatic heterocycles. The number of hydrogen-bond donors (Lipinski definition) is 1. The van der Waals surface area contributed by atoms with E-state index < -0.39 is 0 Å². The van der Waals surface area contributed by atoms with E-state index in [0.29, 0.717) is 11.3 Å². The van der Waals surface area contributed by atoms with Gasteiger partial charge in [0, 0.05) is 12.8 Å². The lowest BCUT2D eigenvalue weighted by molar-refractivity contribution is 0.350. The third-order valence-corrected chi connectivity index (χ3v) is 3.83. The lowest BCUT2D eigenvalue weighted by atomic mass is 10.1. The van der Waals surface area contributed by atoms with Gasteiger partial charge in [-0.2, -0.15) is 5.10 Å². The van der Waals surface area contributed by atoms with Gasteiger partial charge in [0.15, 0.2) is 0 Å². The molecule has 1 aromatic heterocycles. The quantitative estimate of drug-likeness (QED) is 0.697. The highest BCUT2D eigenvalue weighted by atomic mass is 32.2. The summed E-state index contributed by atoms with van der Waals surface area (Å²) in [6.07, 6.45) is 0. The maximum absolute atomic E-state index is 13.5. The summed E-state index contributed by atoms with van der Waals surface area (Å²) >= 11 is 1.64. The van der Waals surface area contributed by atoms with Crippen LogP contribution in [0.25, 0.3) is 0 Å². The highest BCUT2D eigenvalue weighted by Crippen LogP contribution is 2.23. The molecule has 0 saturated carbocycles. The van der Waals surface area contributed by atoms with E-state index in [0.717, 1.165) is 16.3 Å². The van der Waals surface area contributed by atoms with E-state index in [-0.39, 0.29) is 12.4 Å². The van der Waals surface area contributed by atoms with Crippen molar-refractivity contribution in [1.29, 1.82) is 0 Å². The Bertz CT molecular complexity index is 670. The lowest BCUT2D eigenvalue weighted by Crippen LogP contribution is -1.93. The van der Waals surface area contributed by atoms with E-state index in [4.69, 9.17) is 5.11 Å². The first kappa shape index (κ1) is 14.6. The molecule has 0 saturated heterocycles. The van der Waals surface area contributed by atoms with Gasteiger partial charge in [0.25, 0.3) is 0 Å². The van der Waals surface area contributed by atoms with Crippen molar-refractivity contribution in [1.82, 2.24) is 9.78 Å². The van der Waals surface area contributed by atoms with Crippen molar-refractivity contribution in [3.63, 3.8) is 0 Å². The molecular weight excluding hydrogens is 275 g/mol. The van der Waals surface area contributed by atoms with Crippen LogP contribution in [-0.4, -0.2) is 21.5 Å². The molecule has 0 bridgehead atoms. The second-order valence-electron chi connectivity index (χ2n) is 4.31. The number of thioether (sulfide) groups is 1. The second-order valence-corrected chi connectivity index (χ2v) is 5.31. The van der Waals surface area contributed by atoms with Gasteiger partial charge in [-0.25, -0.2) is 4.39 Å². The second kappa shape index (κ2) is 6.60. The highest BCUT2D eigenvalue weighted by molar-refractivity contribution is 7.98. The normalized spacial score (nSPS) is 10.2. The van der Waals surface area contributed by atoms with Gasteiger partial charge >= 0.3 is 0 Å². The molecule has 1 aromatic carbocycles. The molecule has 5 heteroatoms. The number of aryl methyl sites for hydroxylation is 2. The minimum atomic E-state index is -0.365. The molecule has 0 amide bonds. The molecule has 0 aliphatic rings. The van der Waals surface area contributed by atoms with Crippen molar-refractivity contribution >= 4 is 11.8 Å². The third-order valence-electron chi connectivity index (χ3n) is 2.68. The van der Waals surface area contributed by atoms with Gasteiger partial charge in [-0.1, -0.05) is 17.9 Å². The lowest BCUT2D eigenvalue weighted by Gasteiger charge is -2.03. The van der Waals surface area contributed by atoms with Crippen LogP contribution in [0.4, 0.5) is 4.39 Å². The summed E-state index contributed by atoms with van der Waals surface area (Å²) in [4.78, 5) is 0. The maximum atomic E-state index is 13.5. The Morgan fingerprint density at radius 3 is 2.85 bits per heavy atom. The van der Waals surface area contributed by atoms with Crippen LogP contribution in [0.3, 0.4) is 0 Å². The number of benzene rings is 1. The van der Waals surface area contributed by atoms with Crippen molar-refractivity contribution in [2.75, 3.05) is 6.61 Å². The molecule has 0 radical (unpaired) electrons. The summed E-state index contributed by atoms with van der Waals surface area (Å²) < 4.78 is 15.3. The van der Waals surface area contributed by atoms with Gasteiger partial charge in [0.1, 0.15) is 12.4 Å². The summed E-state index contributed by atoms with van der Waals surface area (Å²) in [5.74, 6) is 5.43. The average Bonchev–Trinajstić information content (AvgIpc) is 2.74. The Labute approximate surface area is 121 Å². The summed E-state index contributed by atoms with van der Waals surface area (Å²) in [6.45, 7) is 1.68. The molecule has 0 aliphatic carbocycles. The predicted molar refractivity (Wildman–Crippen MR) is 77.9 cm³/mol. The van der Waals surface area contributed by atoms with E-state index in [1.807, 2.05) is 24.7 Å². The fourth-order valence-electron chi connectivity index (χ4n) is 1.77. The standard InChI is InChI=1S/C15H15FN2OS/c1-11-8-15(18(2)17-11)20-10-12-5-6-14(16)13(9-12)4-3-7-19/h5-6,8-9,19H,7,10H2,1-2H3. The molecule has 1 heterocycles. The van der Waals surface area contributed by atoms with Crippen LogP contribution in [0.5, 0.6) is 0 Å². The number of nitrogens with zero attached hydrogens (tertiary/aromatic N) is 2. The summed E-state index contributed by atoms with van der Waals surface area (Å²) in [5.41, 5.74) is 2.28. The van der Waals surface area contributed by atoms with Crippen molar-refractivity contribution in [3.05, 3.63) is 46.9 Å². The molecule has 0 atom stereocenters. The predicted octanol–water partition coefficient (Wildman–Crippen LogP) is 2.50. The summed E-state index contributed by atoms with van der Waals surface area (Å²) in [5, 5.41) is 14.0. The van der Waals surface area contributed by atoms with E-state index in [1.54, 1.807) is 23.9 Å². The van der Waals surface area contributed by atoms with Crippen LogP contribution in [-0.2, 0) is 12.8 Å². The first-order valence-corrected chi connectivity index (χ1v) is 7.10. The molecular formula is C15H15FN2OS. The number of rotatable bonds is 3. The van der Waals surface area contributed by atoms with Gasteiger partial charge in [0.2, 0.25) is 0 Å². The Kier molecular flexibility index (Phi) is 4.83. The van der Waals surface area contributed by atoms with Crippen LogP contribution in [0.1, 0.15) is 16.8 Å². The van der Waals surface area contributed by atoms with E-state index >= 15 is 0 Å². The van der Waals surface area contributed by atoms with Gasteiger partial charge in [-0.15, -0.1) is 11.8 Å². The zero-order chi connectivity index (χ0) is 14.5. The molecule has 0 unspecified atom stereocenters. The molecule has 3 nitrogen and oxygen atoms in total. The van der Waals surface area contributed by atoms with Gasteiger partial charge in [-0.05, 0) is 30.7 Å². The number of aliphatic hydroxyl groups is 1. The number of halogens is 1. The first-order valence-electron chi connectivity index (χ1n) is 6.11. The zero-order valence-electron chi connectivity index (χ0n) is 11.4. The number of hydrogen-bond acceptors (Lipinski definition) is 3. The third kappa shape index (κ3) is 3.62. The van der Waals surface area contributed by atoms with Crippen molar-refractivity contribution in [2.24, 2.45) is 7.05 Å². The number of aromatic nitrogens is 2. The fraction of sp³-hybridized carbons (Fsp3) is 0.267. The molecule has 2 rings (SSSR count). The SMILES string of the molecule is Cc1cc(SCc2ccc(F)c(C#CCO)c2)n(C)n1. The molecule has 20 heavy (non-hydrogen) atoms. The zero-order valence-corrected chi connectivity index (χ0v) is 12.2. The first-order chi connectivity index (χ1) is 9.60. The monoisotopic (exact) mass is 290 g/mol. The average molecular weight is 290 g/mol. The topological polar surface area (TPSA) is 38.0 Å². The fourth-order valence-corrected chi connectivity index (χ4v) is 2.75. The number of aliphatic hydroxyl groups excluding tert-OH is 1. The van der Waals surface area contributed by atoms with Crippen molar-refractivity contribution in [2.45, 2.75) is 17.7 Å². The Morgan fingerprint density at radius 2 is 2.20 bits per heavy atom. The van der Waals surface area contributed by atoms with Crippen LogP contribution in [0, 0.1) is 24.6 Å². The largest absolute Gasteiger partial charge is 0.384 e. The van der Waals surface area contributed by atoms with E-state index in [1.165, 1.54) is 6.07 Å².